The molecule has 0 radical (unpaired) electrons. The smallest absolute Gasteiger partial charge is 0.240 e. The number of rotatable bonds is 8. The molecule has 0 atom stereocenters. The molecule has 0 heterocycles. The number of sulfonamides is 1. The molecule has 0 bridgehead atoms. The number of ether oxygens (including phenoxy) is 2. The Hall–Kier alpha value is -2.05. The van der Waals surface area contributed by atoms with Crippen molar-refractivity contribution in [2.24, 2.45) is 0 Å². The first-order valence-electron chi connectivity index (χ1n) is 7.83. The summed E-state index contributed by atoms with van der Waals surface area (Å²) in [6.07, 6.45) is 0.0458. The second-order valence-electron chi connectivity index (χ2n) is 5.70. The molecule has 2 rings (SSSR count). The molecule has 2 aromatic carbocycles. The van der Waals surface area contributed by atoms with Gasteiger partial charge in [0.15, 0.2) is 0 Å². The first-order valence-corrected chi connectivity index (χ1v) is 9.31. The third-order valence-corrected chi connectivity index (χ3v) is 4.67. The quantitative estimate of drug-likeness (QED) is 0.744. The van der Waals surface area contributed by atoms with E-state index in [0.29, 0.717) is 5.75 Å². The maximum Gasteiger partial charge on any atom is 0.240 e. The second-order valence-corrected chi connectivity index (χ2v) is 7.46. The Morgan fingerprint density at radius 3 is 2.12 bits per heavy atom. The lowest BCUT2D eigenvalue weighted by atomic mass is 10.2. The molecule has 0 aliphatic carbocycles. The predicted octanol–water partition coefficient (Wildman–Crippen LogP) is 3.14. The fraction of sp³-hybridized carbons (Fsp3) is 0.333. The van der Waals surface area contributed by atoms with Crippen molar-refractivity contribution < 1.29 is 17.9 Å². The van der Waals surface area contributed by atoms with Gasteiger partial charge in [0.05, 0.1) is 11.0 Å². The number of hydrogen-bond donors (Lipinski definition) is 1. The van der Waals surface area contributed by atoms with Gasteiger partial charge >= 0.3 is 0 Å². The van der Waals surface area contributed by atoms with E-state index in [2.05, 4.69) is 4.72 Å². The van der Waals surface area contributed by atoms with Crippen LogP contribution in [0.5, 0.6) is 11.5 Å². The topological polar surface area (TPSA) is 64.6 Å². The molecular weight excluding hydrogens is 326 g/mol. The Balaban J connectivity index is 1.85. The number of aryl methyl sites for hydroxylation is 1. The fourth-order valence-electron chi connectivity index (χ4n) is 2.03. The normalized spacial score (nSPS) is 11.5. The summed E-state index contributed by atoms with van der Waals surface area (Å²) in [6, 6.07) is 14.0. The first kappa shape index (κ1) is 18.3. The third kappa shape index (κ3) is 5.54. The zero-order valence-electron chi connectivity index (χ0n) is 14.2. The van der Waals surface area contributed by atoms with E-state index in [1.807, 2.05) is 45.0 Å². The molecule has 0 aromatic heterocycles. The highest BCUT2D eigenvalue weighted by atomic mass is 32.2. The van der Waals surface area contributed by atoms with Crippen molar-refractivity contribution in [2.45, 2.75) is 31.8 Å². The molecule has 0 saturated heterocycles. The molecule has 6 heteroatoms. The van der Waals surface area contributed by atoms with Gasteiger partial charge in [0.1, 0.15) is 18.1 Å². The van der Waals surface area contributed by atoms with E-state index in [9.17, 15) is 8.42 Å². The largest absolute Gasteiger partial charge is 0.492 e. The van der Waals surface area contributed by atoms with Gasteiger partial charge in [-0.05, 0) is 57.2 Å². The summed E-state index contributed by atoms with van der Waals surface area (Å²) in [5.41, 5.74) is 1.15. The van der Waals surface area contributed by atoms with Crippen molar-refractivity contribution in [2.75, 3.05) is 13.2 Å². The van der Waals surface area contributed by atoms with Gasteiger partial charge in [0, 0.05) is 6.54 Å². The molecule has 0 spiro atoms. The Labute approximate surface area is 143 Å². The third-order valence-electron chi connectivity index (χ3n) is 3.19. The first-order chi connectivity index (χ1) is 11.4. The molecule has 0 aliphatic rings. The molecule has 0 unspecified atom stereocenters. The Bertz CT molecular complexity index is 738. The SMILES string of the molecule is Cc1ccc(OCCNS(=O)(=O)c2ccc(OC(C)C)cc2)cc1. The van der Waals surface area contributed by atoms with Gasteiger partial charge in [0.2, 0.25) is 10.0 Å². The van der Waals surface area contributed by atoms with E-state index in [0.717, 1.165) is 11.3 Å². The van der Waals surface area contributed by atoms with Crippen LogP contribution in [0.3, 0.4) is 0 Å². The summed E-state index contributed by atoms with van der Waals surface area (Å²) < 4.78 is 38.0. The summed E-state index contributed by atoms with van der Waals surface area (Å²) in [6.45, 7) is 6.28. The maximum atomic E-state index is 12.2. The second kappa shape index (κ2) is 8.17. The standard InChI is InChI=1S/C18H23NO4S/c1-14(2)23-17-8-10-18(11-9-17)24(20,21)19-12-13-22-16-6-4-15(3)5-7-16/h4-11,14,19H,12-13H2,1-3H3. The number of hydrogen-bond acceptors (Lipinski definition) is 4. The van der Waals surface area contributed by atoms with Crippen molar-refractivity contribution in [3.05, 3.63) is 54.1 Å². The highest BCUT2D eigenvalue weighted by molar-refractivity contribution is 7.89. The van der Waals surface area contributed by atoms with Crippen LogP contribution in [0.15, 0.2) is 53.4 Å². The van der Waals surface area contributed by atoms with Crippen LogP contribution in [-0.4, -0.2) is 27.7 Å². The van der Waals surface area contributed by atoms with Crippen LogP contribution in [0.1, 0.15) is 19.4 Å². The van der Waals surface area contributed by atoms with Crippen molar-refractivity contribution in [1.29, 1.82) is 0 Å². The summed E-state index contributed by atoms with van der Waals surface area (Å²) in [5.74, 6) is 1.36. The van der Waals surface area contributed by atoms with Gasteiger partial charge in [-0.1, -0.05) is 17.7 Å². The molecule has 1 N–H and O–H groups in total. The monoisotopic (exact) mass is 349 g/mol. The van der Waals surface area contributed by atoms with E-state index < -0.39 is 10.0 Å². The Kier molecular flexibility index (Phi) is 6.23. The molecule has 0 fully saturated rings. The number of nitrogens with one attached hydrogen (secondary N) is 1. The summed E-state index contributed by atoms with van der Waals surface area (Å²) >= 11 is 0. The average molecular weight is 349 g/mol. The minimum absolute atomic E-state index is 0.0458. The zero-order valence-corrected chi connectivity index (χ0v) is 15.0. The van der Waals surface area contributed by atoms with E-state index >= 15 is 0 Å². The Morgan fingerprint density at radius 2 is 1.54 bits per heavy atom. The predicted molar refractivity (Wildman–Crippen MR) is 94.1 cm³/mol. The van der Waals surface area contributed by atoms with Gasteiger partial charge in [-0.2, -0.15) is 0 Å². The van der Waals surface area contributed by atoms with Gasteiger partial charge < -0.3 is 9.47 Å². The summed E-state index contributed by atoms with van der Waals surface area (Å²) in [5, 5.41) is 0. The summed E-state index contributed by atoms with van der Waals surface area (Å²) in [7, 11) is -3.55. The minimum atomic E-state index is -3.55. The molecule has 0 aliphatic heterocycles. The molecule has 5 nitrogen and oxygen atoms in total. The van der Waals surface area contributed by atoms with Crippen LogP contribution in [0.4, 0.5) is 0 Å². The zero-order chi connectivity index (χ0) is 17.6. The van der Waals surface area contributed by atoms with Crippen LogP contribution in [0.25, 0.3) is 0 Å². The van der Waals surface area contributed by atoms with E-state index in [4.69, 9.17) is 9.47 Å². The highest BCUT2D eigenvalue weighted by Gasteiger charge is 2.13. The van der Waals surface area contributed by atoms with Crippen molar-refractivity contribution in [1.82, 2.24) is 4.72 Å². The molecule has 24 heavy (non-hydrogen) atoms. The van der Waals surface area contributed by atoms with E-state index in [1.54, 1.807) is 12.1 Å². The van der Waals surface area contributed by atoms with Crippen LogP contribution in [0, 0.1) is 6.92 Å². The van der Waals surface area contributed by atoms with Crippen LogP contribution in [0.2, 0.25) is 0 Å². The summed E-state index contributed by atoms with van der Waals surface area (Å²) in [4.78, 5) is 0.203. The van der Waals surface area contributed by atoms with Crippen LogP contribution in [-0.2, 0) is 10.0 Å². The minimum Gasteiger partial charge on any atom is -0.492 e. The fourth-order valence-corrected chi connectivity index (χ4v) is 3.05. The lowest BCUT2D eigenvalue weighted by Crippen LogP contribution is -2.28. The highest BCUT2D eigenvalue weighted by Crippen LogP contribution is 2.17. The van der Waals surface area contributed by atoms with E-state index in [1.165, 1.54) is 12.1 Å². The van der Waals surface area contributed by atoms with Gasteiger partial charge in [-0.25, -0.2) is 13.1 Å². The van der Waals surface area contributed by atoms with Crippen molar-refractivity contribution >= 4 is 10.0 Å². The van der Waals surface area contributed by atoms with Gasteiger partial charge in [0.25, 0.3) is 0 Å². The Morgan fingerprint density at radius 1 is 0.958 bits per heavy atom. The number of benzene rings is 2. The lowest BCUT2D eigenvalue weighted by molar-refractivity contribution is 0.242. The average Bonchev–Trinajstić information content (AvgIpc) is 2.53. The van der Waals surface area contributed by atoms with Gasteiger partial charge in [-0.15, -0.1) is 0 Å². The van der Waals surface area contributed by atoms with Gasteiger partial charge in [-0.3, -0.25) is 0 Å². The molecule has 2 aromatic rings. The molecule has 130 valence electrons. The van der Waals surface area contributed by atoms with Crippen molar-refractivity contribution in [3.8, 4) is 11.5 Å². The van der Waals surface area contributed by atoms with Crippen molar-refractivity contribution in [3.63, 3.8) is 0 Å². The maximum absolute atomic E-state index is 12.2. The molecule has 0 saturated carbocycles. The van der Waals surface area contributed by atoms with Crippen LogP contribution >= 0.6 is 0 Å². The molecule has 0 amide bonds. The molecular formula is C18H23NO4S. The van der Waals surface area contributed by atoms with E-state index in [-0.39, 0.29) is 24.2 Å². The van der Waals surface area contributed by atoms with Crippen LogP contribution < -0.4 is 14.2 Å². The lowest BCUT2D eigenvalue weighted by Gasteiger charge is -2.11.